The van der Waals surface area contributed by atoms with Gasteiger partial charge in [-0.3, -0.25) is 9.69 Å². The van der Waals surface area contributed by atoms with Gasteiger partial charge < -0.3 is 4.74 Å². The first-order chi connectivity index (χ1) is 13.7. The Balaban J connectivity index is 2.08. The Kier molecular flexibility index (Phi) is 4.84. The lowest BCUT2D eigenvalue weighted by atomic mass is 9.78. The second-order valence-electron chi connectivity index (χ2n) is 6.85. The van der Waals surface area contributed by atoms with E-state index < -0.39 is 11.8 Å². The van der Waals surface area contributed by atoms with Gasteiger partial charge in [0.15, 0.2) is 6.23 Å². The Labute approximate surface area is 165 Å². The first-order valence-electron chi connectivity index (χ1n) is 9.49. The Hall–Kier alpha value is -3.17. The largest absolute Gasteiger partial charge is 0.334 e. The predicted octanol–water partition coefficient (Wildman–Crippen LogP) is 5.26. The van der Waals surface area contributed by atoms with Crippen LogP contribution in [0.2, 0.25) is 0 Å². The molecule has 3 nitrogen and oxygen atoms in total. The number of allylic oxidation sites excluding steroid dienone is 1. The van der Waals surface area contributed by atoms with E-state index in [1.165, 1.54) is 0 Å². The summed E-state index contributed by atoms with van der Waals surface area (Å²) in [6.07, 6.45) is 3.35. The van der Waals surface area contributed by atoms with E-state index >= 15 is 0 Å². The molecular weight excluding hydrogens is 346 g/mol. The van der Waals surface area contributed by atoms with Gasteiger partial charge in [-0.1, -0.05) is 84.9 Å². The van der Waals surface area contributed by atoms with Crippen molar-refractivity contribution >= 4 is 11.6 Å². The Morgan fingerprint density at radius 2 is 1.43 bits per heavy atom. The third-order valence-electron chi connectivity index (χ3n) is 5.15. The van der Waals surface area contributed by atoms with Crippen molar-refractivity contribution in [2.24, 2.45) is 0 Å². The molecule has 4 rings (SSSR count). The third kappa shape index (κ3) is 2.85. The summed E-state index contributed by atoms with van der Waals surface area (Å²) in [6, 6.07) is 28.4. The molecule has 1 atom stereocenters. The van der Waals surface area contributed by atoms with Crippen LogP contribution in [0.15, 0.2) is 97.1 Å². The topological polar surface area (TPSA) is 29.5 Å². The first kappa shape index (κ1) is 18.2. The van der Waals surface area contributed by atoms with E-state index in [4.69, 9.17) is 4.74 Å². The quantitative estimate of drug-likeness (QED) is 0.589. The van der Waals surface area contributed by atoms with Crippen LogP contribution in [0.3, 0.4) is 0 Å². The van der Waals surface area contributed by atoms with Gasteiger partial charge in [0.25, 0.3) is 0 Å². The highest BCUT2D eigenvalue weighted by molar-refractivity contribution is 5.94. The Bertz CT molecular complexity index is 956. The molecule has 1 heterocycles. The molecule has 28 heavy (non-hydrogen) atoms. The average molecular weight is 369 g/mol. The van der Waals surface area contributed by atoms with Crippen molar-refractivity contribution < 1.29 is 9.53 Å². The van der Waals surface area contributed by atoms with Gasteiger partial charge in [-0.15, -0.1) is 0 Å². The molecular formula is C25H23NO2. The summed E-state index contributed by atoms with van der Waals surface area (Å²) in [6.45, 7) is 3.52. The molecule has 0 bridgehead atoms. The number of carbonyl (C=O) groups is 1. The summed E-state index contributed by atoms with van der Waals surface area (Å²) in [5.74, 6) is -0.0507. The van der Waals surface area contributed by atoms with E-state index in [1.807, 2.05) is 73.7 Å². The summed E-state index contributed by atoms with van der Waals surface area (Å²) >= 11 is 0. The monoisotopic (exact) mass is 369 g/mol. The molecule has 0 saturated carbocycles. The van der Waals surface area contributed by atoms with E-state index in [9.17, 15) is 4.79 Å². The maximum atomic E-state index is 12.5. The summed E-state index contributed by atoms with van der Waals surface area (Å²) < 4.78 is 6.81. The minimum absolute atomic E-state index is 0.0507. The standard InChI is InChI=1S/C25H23NO2/c1-3-12-24-26(19(2)27)23-18-11-10-17-22(23)25(28-24,20-13-6-4-7-14-20)21-15-8-5-9-16-21/h3-18,24H,1-2H3/b12-3+. The van der Waals surface area contributed by atoms with Crippen molar-refractivity contribution in [3.8, 4) is 0 Å². The first-order valence-corrected chi connectivity index (χ1v) is 9.49. The molecule has 0 radical (unpaired) electrons. The number of nitrogens with zero attached hydrogens (tertiary/aromatic N) is 1. The number of fused-ring (bicyclic) bond motifs is 1. The van der Waals surface area contributed by atoms with E-state index in [-0.39, 0.29) is 5.91 Å². The fraction of sp³-hybridized carbons (Fsp3) is 0.160. The van der Waals surface area contributed by atoms with Crippen LogP contribution in [0.5, 0.6) is 0 Å². The molecule has 1 aliphatic heterocycles. The normalized spacial score (nSPS) is 18.1. The van der Waals surface area contributed by atoms with Gasteiger partial charge in [-0.25, -0.2) is 0 Å². The van der Waals surface area contributed by atoms with Gasteiger partial charge in [-0.2, -0.15) is 0 Å². The lowest BCUT2D eigenvalue weighted by Crippen LogP contribution is -2.51. The molecule has 1 aliphatic rings. The Morgan fingerprint density at radius 3 is 1.96 bits per heavy atom. The van der Waals surface area contributed by atoms with Crippen LogP contribution in [-0.2, 0) is 15.1 Å². The number of para-hydroxylation sites is 1. The van der Waals surface area contributed by atoms with Crippen molar-refractivity contribution in [2.75, 3.05) is 4.90 Å². The zero-order valence-corrected chi connectivity index (χ0v) is 16.1. The molecule has 3 aromatic carbocycles. The fourth-order valence-corrected chi connectivity index (χ4v) is 4.01. The molecule has 1 amide bonds. The van der Waals surface area contributed by atoms with Crippen LogP contribution in [0.4, 0.5) is 5.69 Å². The van der Waals surface area contributed by atoms with E-state index in [0.717, 1.165) is 22.4 Å². The summed E-state index contributed by atoms with van der Waals surface area (Å²) in [5.41, 5.74) is 3.09. The number of hydrogen-bond donors (Lipinski definition) is 0. The van der Waals surface area contributed by atoms with Crippen molar-refractivity contribution in [2.45, 2.75) is 25.7 Å². The molecule has 3 heteroatoms. The van der Waals surface area contributed by atoms with Gasteiger partial charge in [0.05, 0.1) is 5.69 Å². The highest BCUT2D eigenvalue weighted by Crippen LogP contribution is 2.49. The minimum atomic E-state index is -0.810. The number of anilines is 1. The summed E-state index contributed by atoms with van der Waals surface area (Å²) in [4.78, 5) is 14.3. The number of carbonyl (C=O) groups excluding carboxylic acids is 1. The molecule has 0 N–H and O–H groups in total. The van der Waals surface area contributed by atoms with E-state index in [1.54, 1.807) is 11.8 Å². The van der Waals surface area contributed by atoms with Crippen LogP contribution < -0.4 is 4.90 Å². The fourth-order valence-electron chi connectivity index (χ4n) is 4.01. The summed E-state index contributed by atoms with van der Waals surface area (Å²) in [7, 11) is 0. The average Bonchev–Trinajstić information content (AvgIpc) is 2.74. The lowest BCUT2D eigenvalue weighted by Gasteiger charge is -2.47. The highest BCUT2D eigenvalue weighted by Gasteiger charge is 2.47. The van der Waals surface area contributed by atoms with Gasteiger partial charge >= 0.3 is 0 Å². The van der Waals surface area contributed by atoms with Crippen LogP contribution in [0.25, 0.3) is 0 Å². The summed E-state index contributed by atoms with van der Waals surface area (Å²) in [5, 5.41) is 0. The van der Waals surface area contributed by atoms with Gasteiger partial charge in [0, 0.05) is 12.5 Å². The van der Waals surface area contributed by atoms with Crippen LogP contribution in [0.1, 0.15) is 30.5 Å². The number of ether oxygens (including phenoxy) is 1. The molecule has 0 saturated heterocycles. The molecule has 140 valence electrons. The molecule has 3 aromatic rings. The van der Waals surface area contributed by atoms with Crippen molar-refractivity contribution in [1.29, 1.82) is 0 Å². The maximum absolute atomic E-state index is 12.5. The lowest BCUT2D eigenvalue weighted by molar-refractivity contribution is -0.121. The predicted molar refractivity (Wildman–Crippen MR) is 112 cm³/mol. The number of hydrogen-bond acceptors (Lipinski definition) is 2. The SMILES string of the molecule is C/C=C/C1OC(c2ccccc2)(c2ccccc2)c2ccccc2N1C(C)=O. The zero-order chi connectivity index (χ0) is 19.6. The molecule has 0 spiro atoms. The molecule has 0 aromatic heterocycles. The second kappa shape index (κ2) is 7.45. The number of amides is 1. The number of rotatable bonds is 3. The van der Waals surface area contributed by atoms with Crippen molar-refractivity contribution in [3.63, 3.8) is 0 Å². The van der Waals surface area contributed by atoms with Gasteiger partial charge in [0.2, 0.25) is 5.91 Å². The smallest absolute Gasteiger partial charge is 0.226 e. The second-order valence-corrected chi connectivity index (χ2v) is 6.85. The molecule has 0 fully saturated rings. The van der Waals surface area contributed by atoms with E-state index in [2.05, 4.69) is 30.3 Å². The Morgan fingerprint density at radius 1 is 0.893 bits per heavy atom. The van der Waals surface area contributed by atoms with Gasteiger partial charge in [-0.05, 0) is 30.2 Å². The maximum Gasteiger partial charge on any atom is 0.226 e. The molecule has 0 aliphatic carbocycles. The highest BCUT2D eigenvalue weighted by atomic mass is 16.5. The molecule has 1 unspecified atom stereocenters. The minimum Gasteiger partial charge on any atom is -0.334 e. The van der Waals surface area contributed by atoms with Crippen LogP contribution in [-0.4, -0.2) is 12.1 Å². The third-order valence-corrected chi connectivity index (χ3v) is 5.15. The van der Waals surface area contributed by atoms with Crippen molar-refractivity contribution in [3.05, 3.63) is 114 Å². The van der Waals surface area contributed by atoms with E-state index in [0.29, 0.717) is 0 Å². The van der Waals surface area contributed by atoms with Crippen LogP contribution >= 0.6 is 0 Å². The van der Waals surface area contributed by atoms with Gasteiger partial charge in [0.1, 0.15) is 5.60 Å². The zero-order valence-electron chi connectivity index (χ0n) is 16.1. The van der Waals surface area contributed by atoms with Crippen LogP contribution in [0, 0.1) is 0 Å². The number of benzene rings is 3. The van der Waals surface area contributed by atoms with Crippen molar-refractivity contribution in [1.82, 2.24) is 0 Å².